The van der Waals surface area contributed by atoms with Gasteiger partial charge in [-0.2, -0.15) is 0 Å². The van der Waals surface area contributed by atoms with Crippen molar-refractivity contribution in [3.63, 3.8) is 0 Å². The molecule has 0 aliphatic rings. The fourth-order valence-electron chi connectivity index (χ4n) is 4.29. The Bertz CT molecular complexity index is 1030. The molecule has 0 unspecified atom stereocenters. The standard InChI is InChI=1S/C30H41NO3Si/c1-8-32-35(33-9-2,34-10-3)20-19-27-13-17-28(18-14-27)31(29-15-11-23(4)25(6)21-29)30-16-12-24(5)26(7)22-30/h11-18,21-22H,8-10,19-20H2,1-7H3. The molecule has 35 heavy (non-hydrogen) atoms. The molecule has 0 saturated carbocycles. The third-order valence-electron chi connectivity index (χ3n) is 6.50. The third-order valence-corrected chi connectivity index (χ3v) is 9.55. The average Bonchev–Trinajstić information content (AvgIpc) is 2.84. The zero-order valence-electron chi connectivity index (χ0n) is 22.5. The molecule has 0 atom stereocenters. The van der Waals surface area contributed by atoms with Crippen molar-refractivity contribution in [3.8, 4) is 0 Å². The highest BCUT2D eigenvalue weighted by Crippen LogP contribution is 2.36. The quantitative estimate of drug-likeness (QED) is 0.240. The second kappa shape index (κ2) is 12.5. The molecule has 3 aromatic rings. The van der Waals surface area contributed by atoms with Crippen LogP contribution < -0.4 is 4.90 Å². The summed E-state index contributed by atoms with van der Waals surface area (Å²) in [4.78, 5) is 2.34. The monoisotopic (exact) mass is 491 g/mol. The van der Waals surface area contributed by atoms with Gasteiger partial charge in [-0.25, -0.2) is 0 Å². The lowest BCUT2D eigenvalue weighted by atomic mass is 10.1. The molecule has 188 valence electrons. The average molecular weight is 492 g/mol. The van der Waals surface area contributed by atoms with Crippen molar-refractivity contribution < 1.29 is 13.3 Å². The molecule has 3 aromatic carbocycles. The van der Waals surface area contributed by atoms with Gasteiger partial charge in [0.1, 0.15) is 0 Å². The Hall–Kier alpha value is -2.44. The minimum atomic E-state index is -2.65. The van der Waals surface area contributed by atoms with Crippen LogP contribution in [0.2, 0.25) is 6.04 Å². The molecule has 5 heteroatoms. The second-order valence-corrected chi connectivity index (χ2v) is 11.8. The van der Waals surface area contributed by atoms with Crippen molar-refractivity contribution in [2.24, 2.45) is 0 Å². The highest BCUT2D eigenvalue weighted by Gasteiger charge is 2.39. The smallest absolute Gasteiger partial charge is 0.374 e. The van der Waals surface area contributed by atoms with E-state index in [-0.39, 0.29) is 0 Å². The fourth-order valence-corrected chi connectivity index (χ4v) is 6.88. The first kappa shape index (κ1) is 27.1. The van der Waals surface area contributed by atoms with Crippen LogP contribution in [0.25, 0.3) is 0 Å². The fraction of sp³-hybridized carbons (Fsp3) is 0.400. The predicted molar refractivity (Wildman–Crippen MR) is 149 cm³/mol. The topological polar surface area (TPSA) is 30.9 Å². The van der Waals surface area contributed by atoms with Crippen LogP contribution in [0.3, 0.4) is 0 Å². The number of benzene rings is 3. The summed E-state index contributed by atoms with van der Waals surface area (Å²) in [6.45, 7) is 16.5. The van der Waals surface area contributed by atoms with Crippen LogP contribution in [-0.4, -0.2) is 28.6 Å². The summed E-state index contributed by atoms with van der Waals surface area (Å²) < 4.78 is 18.1. The summed E-state index contributed by atoms with van der Waals surface area (Å²) >= 11 is 0. The van der Waals surface area contributed by atoms with Crippen molar-refractivity contribution in [3.05, 3.63) is 88.5 Å². The van der Waals surface area contributed by atoms with Crippen LogP contribution in [0.5, 0.6) is 0 Å². The summed E-state index contributed by atoms with van der Waals surface area (Å²) in [6, 6.07) is 23.0. The van der Waals surface area contributed by atoms with Gasteiger partial charge in [-0.1, -0.05) is 24.3 Å². The molecule has 0 radical (unpaired) electrons. The Kier molecular flexibility index (Phi) is 9.69. The van der Waals surface area contributed by atoms with Crippen molar-refractivity contribution in [1.82, 2.24) is 0 Å². The molecule has 0 amide bonds. The van der Waals surface area contributed by atoms with Gasteiger partial charge < -0.3 is 18.2 Å². The summed E-state index contributed by atoms with van der Waals surface area (Å²) in [6.07, 6.45) is 0.861. The van der Waals surface area contributed by atoms with Crippen LogP contribution in [0.1, 0.15) is 48.6 Å². The molecular formula is C30H41NO3Si. The van der Waals surface area contributed by atoms with E-state index >= 15 is 0 Å². The Labute approximate surface area is 213 Å². The number of hydrogen-bond donors (Lipinski definition) is 0. The minimum absolute atomic E-state index is 0.603. The number of anilines is 3. The van der Waals surface area contributed by atoms with Gasteiger partial charge in [0.25, 0.3) is 0 Å². The van der Waals surface area contributed by atoms with Gasteiger partial charge in [0, 0.05) is 42.9 Å². The molecule has 0 N–H and O–H groups in total. The Morgan fingerprint density at radius 1 is 0.571 bits per heavy atom. The van der Waals surface area contributed by atoms with Crippen molar-refractivity contribution in [2.45, 2.75) is 60.9 Å². The van der Waals surface area contributed by atoms with Gasteiger partial charge in [-0.15, -0.1) is 0 Å². The SMILES string of the molecule is CCO[Si](CCc1ccc(N(c2ccc(C)c(C)c2)c2ccc(C)c(C)c2)cc1)(OCC)OCC. The number of hydrogen-bond acceptors (Lipinski definition) is 4. The maximum absolute atomic E-state index is 6.04. The summed E-state index contributed by atoms with van der Waals surface area (Å²) in [5.74, 6) is 0. The van der Waals surface area contributed by atoms with E-state index in [1.807, 2.05) is 20.8 Å². The maximum Gasteiger partial charge on any atom is 0.501 e. The normalized spacial score (nSPS) is 11.6. The highest BCUT2D eigenvalue weighted by atomic mass is 28.4. The molecule has 0 fully saturated rings. The zero-order chi connectivity index (χ0) is 25.4. The Balaban J connectivity index is 1.91. The van der Waals surface area contributed by atoms with E-state index in [1.165, 1.54) is 39.2 Å². The lowest BCUT2D eigenvalue weighted by Gasteiger charge is -2.29. The largest absolute Gasteiger partial charge is 0.501 e. The van der Waals surface area contributed by atoms with Crippen molar-refractivity contribution in [1.29, 1.82) is 0 Å². The molecule has 0 heterocycles. The molecule has 4 nitrogen and oxygen atoms in total. The molecule has 3 rings (SSSR count). The van der Waals surface area contributed by atoms with Crippen LogP contribution >= 0.6 is 0 Å². The zero-order valence-corrected chi connectivity index (χ0v) is 23.5. The van der Waals surface area contributed by atoms with Crippen LogP contribution in [-0.2, 0) is 19.7 Å². The summed E-state index contributed by atoms with van der Waals surface area (Å²) in [5, 5.41) is 0. The van der Waals surface area contributed by atoms with Gasteiger partial charge in [0.2, 0.25) is 0 Å². The highest BCUT2D eigenvalue weighted by molar-refractivity contribution is 6.60. The summed E-state index contributed by atoms with van der Waals surface area (Å²) in [5.41, 5.74) is 9.91. The van der Waals surface area contributed by atoms with Crippen LogP contribution in [0, 0.1) is 27.7 Å². The number of rotatable bonds is 12. The predicted octanol–water partition coefficient (Wildman–Crippen LogP) is 7.98. The maximum atomic E-state index is 6.04. The first-order valence-corrected chi connectivity index (χ1v) is 14.7. The van der Waals surface area contributed by atoms with E-state index in [1.54, 1.807) is 0 Å². The first-order chi connectivity index (χ1) is 16.8. The van der Waals surface area contributed by atoms with Gasteiger partial charge in [0.15, 0.2) is 0 Å². The Morgan fingerprint density at radius 2 is 1.00 bits per heavy atom. The molecule has 0 bridgehead atoms. The minimum Gasteiger partial charge on any atom is -0.374 e. The van der Waals surface area contributed by atoms with E-state index in [2.05, 4.69) is 93.3 Å². The van der Waals surface area contributed by atoms with E-state index in [0.717, 1.165) is 18.2 Å². The molecular weight excluding hydrogens is 450 g/mol. The Morgan fingerprint density at radius 3 is 1.40 bits per heavy atom. The van der Waals surface area contributed by atoms with Crippen molar-refractivity contribution in [2.75, 3.05) is 24.7 Å². The first-order valence-electron chi connectivity index (χ1n) is 12.8. The van der Waals surface area contributed by atoms with Crippen molar-refractivity contribution >= 4 is 25.9 Å². The van der Waals surface area contributed by atoms with E-state index < -0.39 is 8.80 Å². The number of nitrogens with zero attached hydrogens (tertiary/aromatic N) is 1. The lowest BCUT2D eigenvalue weighted by molar-refractivity contribution is 0.0714. The van der Waals surface area contributed by atoms with Gasteiger partial charge >= 0.3 is 8.80 Å². The van der Waals surface area contributed by atoms with Crippen LogP contribution in [0.15, 0.2) is 60.7 Å². The third kappa shape index (κ3) is 6.82. The van der Waals surface area contributed by atoms with E-state index in [9.17, 15) is 0 Å². The molecule has 0 aliphatic carbocycles. The van der Waals surface area contributed by atoms with E-state index in [0.29, 0.717) is 19.8 Å². The molecule has 0 spiro atoms. The number of aryl methyl sites for hydroxylation is 5. The molecule has 0 saturated heterocycles. The van der Waals surface area contributed by atoms with E-state index in [4.69, 9.17) is 13.3 Å². The summed E-state index contributed by atoms with van der Waals surface area (Å²) in [7, 11) is -2.65. The van der Waals surface area contributed by atoms with Gasteiger partial charge in [-0.3, -0.25) is 0 Å². The molecule has 0 aromatic heterocycles. The van der Waals surface area contributed by atoms with Gasteiger partial charge in [0.05, 0.1) is 0 Å². The molecule has 0 aliphatic heterocycles. The van der Waals surface area contributed by atoms with Crippen LogP contribution in [0.4, 0.5) is 17.1 Å². The second-order valence-electron chi connectivity index (χ2n) is 9.02. The van der Waals surface area contributed by atoms with Gasteiger partial charge in [-0.05, 0) is 119 Å². The lowest BCUT2D eigenvalue weighted by Crippen LogP contribution is -2.46.